The van der Waals surface area contributed by atoms with Crippen LogP contribution < -0.4 is 4.74 Å². The van der Waals surface area contributed by atoms with Gasteiger partial charge in [-0.2, -0.15) is 0 Å². The van der Waals surface area contributed by atoms with Gasteiger partial charge in [-0.25, -0.2) is 0 Å². The first-order valence-electron chi connectivity index (χ1n) is 6.85. The zero-order valence-corrected chi connectivity index (χ0v) is 12.1. The molecule has 0 saturated heterocycles. The Kier molecular flexibility index (Phi) is 4.66. The summed E-state index contributed by atoms with van der Waals surface area (Å²) in [7, 11) is 3.04. The Morgan fingerprint density at radius 3 is 2.75 bits per heavy atom. The van der Waals surface area contributed by atoms with E-state index in [1.807, 2.05) is 24.3 Å². The Labute approximate surface area is 118 Å². The molecule has 0 N–H and O–H groups in total. The predicted octanol–water partition coefficient (Wildman–Crippen LogP) is 3.89. The molecule has 1 unspecified atom stereocenters. The third-order valence-electron chi connectivity index (χ3n) is 3.42. The van der Waals surface area contributed by atoms with Crippen LogP contribution in [0.3, 0.4) is 0 Å². The summed E-state index contributed by atoms with van der Waals surface area (Å²) in [6.45, 7) is 2.10. The number of carbonyl (C=O) groups is 1. The van der Waals surface area contributed by atoms with Gasteiger partial charge < -0.3 is 13.9 Å². The lowest BCUT2D eigenvalue weighted by Gasteiger charge is -2.11. The summed E-state index contributed by atoms with van der Waals surface area (Å²) < 4.78 is 15.9. The summed E-state index contributed by atoms with van der Waals surface area (Å²) in [4.78, 5) is 11.9. The molecule has 1 aromatic carbocycles. The van der Waals surface area contributed by atoms with Gasteiger partial charge in [0.1, 0.15) is 23.0 Å². The van der Waals surface area contributed by atoms with Crippen molar-refractivity contribution < 1.29 is 18.7 Å². The van der Waals surface area contributed by atoms with Crippen LogP contribution >= 0.6 is 0 Å². The first-order chi connectivity index (χ1) is 9.69. The van der Waals surface area contributed by atoms with Crippen molar-refractivity contribution in [3.63, 3.8) is 0 Å². The molecule has 1 aromatic heterocycles. The first kappa shape index (κ1) is 14.4. The number of ether oxygens (including phenoxy) is 2. The molecule has 20 heavy (non-hydrogen) atoms. The van der Waals surface area contributed by atoms with E-state index < -0.39 is 0 Å². The molecule has 0 aliphatic carbocycles. The number of fused-ring (bicyclic) bond motifs is 1. The highest BCUT2D eigenvalue weighted by Gasteiger charge is 2.24. The molecule has 2 aromatic rings. The minimum atomic E-state index is -0.335. The van der Waals surface area contributed by atoms with Crippen molar-refractivity contribution in [1.29, 1.82) is 0 Å². The van der Waals surface area contributed by atoms with E-state index in [0.29, 0.717) is 5.76 Å². The molecule has 108 valence electrons. The fourth-order valence-corrected chi connectivity index (χ4v) is 2.27. The second-order valence-electron chi connectivity index (χ2n) is 4.77. The molecule has 0 spiro atoms. The van der Waals surface area contributed by atoms with Gasteiger partial charge in [-0.05, 0) is 30.7 Å². The zero-order valence-electron chi connectivity index (χ0n) is 12.1. The third kappa shape index (κ3) is 2.95. The summed E-state index contributed by atoms with van der Waals surface area (Å²) in [6, 6.07) is 7.49. The van der Waals surface area contributed by atoms with Crippen molar-refractivity contribution in [3.8, 4) is 5.75 Å². The van der Waals surface area contributed by atoms with Gasteiger partial charge in [0.2, 0.25) is 0 Å². The second-order valence-corrected chi connectivity index (χ2v) is 4.77. The van der Waals surface area contributed by atoms with Crippen molar-refractivity contribution in [2.45, 2.75) is 32.1 Å². The number of carbonyl (C=O) groups excluding carboxylic acids is 1. The second kappa shape index (κ2) is 6.46. The van der Waals surface area contributed by atoms with E-state index >= 15 is 0 Å². The molecule has 0 saturated carbocycles. The number of hydrogen-bond donors (Lipinski definition) is 0. The molecular formula is C16H20O4. The Hall–Kier alpha value is -1.97. The number of furan rings is 1. The van der Waals surface area contributed by atoms with Gasteiger partial charge in [-0.3, -0.25) is 4.79 Å². The average molecular weight is 276 g/mol. The van der Waals surface area contributed by atoms with E-state index in [1.54, 1.807) is 7.11 Å². The molecule has 0 radical (unpaired) electrons. The van der Waals surface area contributed by atoms with Crippen LogP contribution in [0.15, 0.2) is 28.7 Å². The maximum absolute atomic E-state index is 11.9. The number of hydrogen-bond acceptors (Lipinski definition) is 4. The van der Waals surface area contributed by atoms with Gasteiger partial charge in [0.05, 0.1) is 14.2 Å². The van der Waals surface area contributed by atoms with Crippen molar-refractivity contribution in [2.75, 3.05) is 14.2 Å². The molecule has 0 aliphatic heterocycles. The van der Waals surface area contributed by atoms with Crippen LogP contribution in [0.1, 0.15) is 37.9 Å². The fraction of sp³-hybridized carbons (Fsp3) is 0.438. The first-order valence-corrected chi connectivity index (χ1v) is 6.85. The minimum absolute atomic E-state index is 0.246. The zero-order chi connectivity index (χ0) is 14.5. The number of rotatable bonds is 6. The van der Waals surface area contributed by atoms with Crippen molar-refractivity contribution in [3.05, 3.63) is 30.0 Å². The SMILES string of the molecule is CCCCC(C(=O)OC)c1cc2cc(OC)ccc2o1. The molecule has 0 amide bonds. The number of esters is 1. The Morgan fingerprint density at radius 2 is 2.10 bits per heavy atom. The average Bonchev–Trinajstić information content (AvgIpc) is 2.89. The van der Waals surface area contributed by atoms with Crippen LogP contribution in [-0.4, -0.2) is 20.2 Å². The smallest absolute Gasteiger partial charge is 0.316 e. The Bertz CT molecular complexity index is 585. The molecule has 4 nitrogen and oxygen atoms in total. The van der Waals surface area contributed by atoms with Crippen LogP contribution in [0.25, 0.3) is 11.0 Å². The monoisotopic (exact) mass is 276 g/mol. The summed E-state index contributed by atoms with van der Waals surface area (Å²) in [5.74, 6) is 0.851. The summed E-state index contributed by atoms with van der Waals surface area (Å²) in [6.07, 6.45) is 2.72. The van der Waals surface area contributed by atoms with Crippen LogP contribution in [0, 0.1) is 0 Å². The van der Waals surface area contributed by atoms with Gasteiger partial charge in [-0.1, -0.05) is 19.8 Å². The van der Waals surface area contributed by atoms with Gasteiger partial charge in [0, 0.05) is 5.39 Å². The van der Waals surface area contributed by atoms with E-state index in [1.165, 1.54) is 7.11 Å². The van der Waals surface area contributed by atoms with Crippen molar-refractivity contribution in [1.82, 2.24) is 0 Å². The minimum Gasteiger partial charge on any atom is -0.497 e. The number of unbranched alkanes of at least 4 members (excludes halogenated alkanes) is 1. The largest absolute Gasteiger partial charge is 0.497 e. The molecule has 4 heteroatoms. The van der Waals surface area contributed by atoms with E-state index in [0.717, 1.165) is 36.0 Å². The van der Waals surface area contributed by atoms with Crippen LogP contribution in [0.5, 0.6) is 5.75 Å². The fourth-order valence-electron chi connectivity index (χ4n) is 2.27. The number of methoxy groups -OCH3 is 2. The summed E-state index contributed by atoms with van der Waals surface area (Å²) in [5.41, 5.74) is 0.756. The molecule has 0 fully saturated rings. The maximum Gasteiger partial charge on any atom is 0.316 e. The predicted molar refractivity (Wildman–Crippen MR) is 77.0 cm³/mol. The highest BCUT2D eigenvalue weighted by Crippen LogP contribution is 2.31. The van der Waals surface area contributed by atoms with Crippen LogP contribution in [0.4, 0.5) is 0 Å². The molecule has 1 heterocycles. The van der Waals surface area contributed by atoms with Gasteiger partial charge in [-0.15, -0.1) is 0 Å². The molecular weight excluding hydrogens is 256 g/mol. The van der Waals surface area contributed by atoms with Gasteiger partial charge in [0.25, 0.3) is 0 Å². The molecule has 1 atom stereocenters. The van der Waals surface area contributed by atoms with Crippen LogP contribution in [-0.2, 0) is 9.53 Å². The van der Waals surface area contributed by atoms with Gasteiger partial charge in [0.15, 0.2) is 0 Å². The van der Waals surface area contributed by atoms with E-state index in [-0.39, 0.29) is 11.9 Å². The molecule has 2 rings (SSSR count). The van der Waals surface area contributed by atoms with Crippen molar-refractivity contribution in [2.24, 2.45) is 0 Å². The van der Waals surface area contributed by atoms with Crippen LogP contribution in [0.2, 0.25) is 0 Å². The van der Waals surface area contributed by atoms with E-state index in [9.17, 15) is 4.79 Å². The standard InChI is InChI=1S/C16H20O4/c1-4-5-6-13(16(17)19-3)15-10-11-9-12(18-2)7-8-14(11)20-15/h7-10,13H,4-6H2,1-3H3. The lowest BCUT2D eigenvalue weighted by atomic mass is 9.99. The summed E-state index contributed by atoms with van der Waals surface area (Å²) >= 11 is 0. The Balaban J connectivity index is 2.34. The topological polar surface area (TPSA) is 48.7 Å². The molecule has 0 aliphatic rings. The lowest BCUT2D eigenvalue weighted by molar-refractivity contribution is -0.143. The number of benzene rings is 1. The third-order valence-corrected chi connectivity index (χ3v) is 3.42. The quantitative estimate of drug-likeness (QED) is 0.751. The van der Waals surface area contributed by atoms with E-state index in [4.69, 9.17) is 13.9 Å². The van der Waals surface area contributed by atoms with Gasteiger partial charge >= 0.3 is 5.97 Å². The molecule has 0 bridgehead atoms. The van der Waals surface area contributed by atoms with E-state index in [2.05, 4.69) is 6.92 Å². The normalized spacial score (nSPS) is 12.3. The Morgan fingerprint density at radius 1 is 1.30 bits per heavy atom. The van der Waals surface area contributed by atoms with Crippen molar-refractivity contribution >= 4 is 16.9 Å². The lowest BCUT2D eigenvalue weighted by Crippen LogP contribution is -2.13. The summed E-state index contributed by atoms with van der Waals surface area (Å²) in [5, 5.41) is 0.935. The maximum atomic E-state index is 11.9. The highest BCUT2D eigenvalue weighted by molar-refractivity contribution is 5.83. The highest BCUT2D eigenvalue weighted by atomic mass is 16.5.